The molecule has 1 heterocycles. The van der Waals surface area contributed by atoms with E-state index in [1.54, 1.807) is 27.7 Å². The number of nitrogens with one attached hydrogen (secondary N) is 2. The average molecular weight is 492 g/mol. The lowest BCUT2D eigenvalue weighted by Gasteiger charge is -2.34. The molecule has 9 heteroatoms. The molecular weight excluding hydrogens is 450 g/mol. The zero-order chi connectivity index (χ0) is 26.2. The number of likely N-dealkylation sites (tertiary alicyclic amines) is 1. The maximum atomic E-state index is 13.3. The SMILES string of the molecule is CC(C)CC(C)(NC(=O)OC(C)(C)C)C(=O)NC1CCCN(C(=O)OCc2ccccc2)CC1O. The van der Waals surface area contributed by atoms with Gasteiger partial charge in [0.15, 0.2) is 0 Å². The van der Waals surface area contributed by atoms with Crippen molar-refractivity contribution in [2.75, 3.05) is 13.1 Å². The van der Waals surface area contributed by atoms with Crippen LogP contribution in [-0.2, 0) is 20.9 Å². The minimum absolute atomic E-state index is 0.0406. The fourth-order valence-electron chi connectivity index (χ4n) is 4.16. The van der Waals surface area contributed by atoms with Gasteiger partial charge in [0.25, 0.3) is 0 Å². The van der Waals surface area contributed by atoms with Gasteiger partial charge >= 0.3 is 12.2 Å². The fraction of sp³-hybridized carbons (Fsp3) is 0.654. The molecule has 0 bridgehead atoms. The highest BCUT2D eigenvalue weighted by atomic mass is 16.6. The highest BCUT2D eigenvalue weighted by Gasteiger charge is 2.39. The molecule has 1 aliphatic rings. The van der Waals surface area contributed by atoms with Crippen LogP contribution < -0.4 is 10.6 Å². The molecule has 3 N–H and O–H groups in total. The molecule has 35 heavy (non-hydrogen) atoms. The maximum Gasteiger partial charge on any atom is 0.410 e. The van der Waals surface area contributed by atoms with Gasteiger partial charge in [-0.2, -0.15) is 0 Å². The zero-order valence-corrected chi connectivity index (χ0v) is 21.8. The Labute approximate surface area is 208 Å². The monoisotopic (exact) mass is 491 g/mol. The minimum Gasteiger partial charge on any atom is -0.445 e. The summed E-state index contributed by atoms with van der Waals surface area (Å²) < 4.78 is 10.8. The summed E-state index contributed by atoms with van der Waals surface area (Å²) in [7, 11) is 0. The molecule has 3 atom stereocenters. The van der Waals surface area contributed by atoms with E-state index in [9.17, 15) is 19.5 Å². The Morgan fingerprint density at radius 3 is 2.40 bits per heavy atom. The van der Waals surface area contributed by atoms with Crippen LogP contribution in [0.15, 0.2) is 30.3 Å². The van der Waals surface area contributed by atoms with Gasteiger partial charge in [0, 0.05) is 6.54 Å². The second-order valence-corrected chi connectivity index (χ2v) is 10.8. The first-order valence-electron chi connectivity index (χ1n) is 12.2. The van der Waals surface area contributed by atoms with Gasteiger partial charge in [-0.15, -0.1) is 0 Å². The summed E-state index contributed by atoms with van der Waals surface area (Å²) in [4.78, 5) is 39.8. The maximum absolute atomic E-state index is 13.3. The smallest absolute Gasteiger partial charge is 0.410 e. The fourth-order valence-corrected chi connectivity index (χ4v) is 4.16. The van der Waals surface area contributed by atoms with Gasteiger partial charge < -0.3 is 30.1 Å². The molecule has 9 nitrogen and oxygen atoms in total. The predicted molar refractivity (Wildman–Crippen MR) is 133 cm³/mol. The minimum atomic E-state index is -1.23. The molecule has 0 aromatic heterocycles. The third-order valence-electron chi connectivity index (χ3n) is 5.69. The number of amides is 3. The Hall–Kier alpha value is -2.81. The number of hydrogen-bond acceptors (Lipinski definition) is 6. The summed E-state index contributed by atoms with van der Waals surface area (Å²) in [6, 6.07) is 8.81. The largest absolute Gasteiger partial charge is 0.445 e. The molecule has 3 unspecified atom stereocenters. The van der Waals surface area contributed by atoms with E-state index < -0.39 is 41.4 Å². The Kier molecular flexibility index (Phi) is 9.94. The summed E-state index contributed by atoms with van der Waals surface area (Å²) >= 11 is 0. The number of rotatable bonds is 7. The van der Waals surface area contributed by atoms with E-state index in [-0.39, 0.29) is 19.1 Å². The van der Waals surface area contributed by atoms with E-state index >= 15 is 0 Å². The number of benzene rings is 1. The number of aliphatic hydroxyl groups is 1. The Bertz CT molecular complexity index is 854. The first kappa shape index (κ1) is 28.4. The van der Waals surface area contributed by atoms with E-state index in [1.807, 2.05) is 44.2 Å². The molecule has 1 saturated heterocycles. The van der Waals surface area contributed by atoms with Crippen LogP contribution in [0.25, 0.3) is 0 Å². The van der Waals surface area contributed by atoms with E-state index in [1.165, 1.54) is 4.90 Å². The molecule has 0 aliphatic carbocycles. The van der Waals surface area contributed by atoms with Crippen molar-refractivity contribution in [2.45, 2.75) is 90.7 Å². The van der Waals surface area contributed by atoms with Crippen molar-refractivity contribution in [3.8, 4) is 0 Å². The summed E-state index contributed by atoms with van der Waals surface area (Å²) in [5, 5.41) is 16.4. The quantitative estimate of drug-likeness (QED) is 0.537. The average Bonchev–Trinajstić information content (AvgIpc) is 2.92. The van der Waals surface area contributed by atoms with Crippen molar-refractivity contribution in [2.24, 2.45) is 5.92 Å². The second-order valence-electron chi connectivity index (χ2n) is 10.8. The van der Waals surface area contributed by atoms with Gasteiger partial charge in [-0.05, 0) is 58.4 Å². The molecular formula is C26H41N3O6. The molecule has 0 spiro atoms. The molecule has 2 rings (SSSR count). The van der Waals surface area contributed by atoms with E-state index in [4.69, 9.17) is 9.47 Å². The van der Waals surface area contributed by atoms with Gasteiger partial charge in [0.1, 0.15) is 17.7 Å². The van der Waals surface area contributed by atoms with Crippen LogP contribution in [0.1, 0.15) is 66.4 Å². The summed E-state index contributed by atoms with van der Waals surface area (Å²) in [6.07, 6.45) is -0.697. The van der Waals surface area contributed by atoms with Crippen LogP contribution in [0.5, 0.6) is 0 Å². The zero-order valence-electron chi connectivity index (χ0n) is 21.8. The normalized spacial score (nSPS) is 20.4. The molecule has 1 aromatic carbocycles. The molecule has 196 valence electrons. The van der Waals surface area contributed by atoms with Crippen LogP contribution in [0, 0.1) is 5.92 Å². The van der Waals surface area contributed by atoms with E-state index in [0.29, 0.717) is 25.8 Å². The number of aliphatic hydroxyl groups excluding tert-OH is 1. The van der Waals surface area contributed by atoms with Crippen LogP contribution in [-0.4, -0.2) is 64.5 Å². The van der Waals surface area contributed by atoms with Crippen molar-refractivity contribution in [3.63, 3.8) is 0 Å². The van der Waals surface area contributed by atoms with Crippen LogP contribution in [0.3, 0.4) is 0 Å². The number of alkyl carbamates (subject to hydrolysis) is 1. The number of β-amino-alcohol motifs (C(OH)–C–C–N with tert-alkyl or cyclic N) is 1. The van der Waals surface area contributed by atoms with Crippen molar-refractivity contribution in [1.82, 2.24) is 15.5 Å². The Balaban J connectivity index is 2.00. The summed E-state index contributed by atoms with van der Waals surface area (Å²) in [6.45, 7) is 11.4. The van der Waals surface area contributed by atoms with E-state index in [0.717, 1.165) is 5.56 Å². The van der Waals surface area contributed by atoms with Crippen LogP contribution in [0.4, 0.5) is 9.59 Å². The van der Waals surface area contributed by atoms with Crippen LogP contribution >= 0.6 is 0 Å². The third kappa shape index (κ3) is 9.39. The highest BCUT2D eigenvalue weighted by Crippen LogP contribution is 2.21. The number of ether oxygens (including phenoxy) is 2. The first-order chi connectivity index (χ1) is 16.3. The van der Waals surface area contributed by atoms with Crippen LogP contribution in [0.2, 0.25) is 0 Å². The number of carbonyl (C=O) groups is 3. The van der Waals surface area contributed by atoms with Gasteiger partial charge in [-0.1, -0.05) is 44.2 Å². The Morgan fingerprint density at radius 1 is 1.14 bits per heavy atom. The standard InChI is InChI=1S/C26H41N3O6/c1-18(2)15-26(6,28-23(32)35-25(3,4)5)22(31)27-20-13-10-14-29(16-21(20)30)24(33)34-17-19-11-8-7-9-12-19/h7-9,11-12,18,20-21,30H,10,13-17H2,1-6H3,(H,27,31)(H,28,32). The molecule has 0 radical (unpaired) electrons. The van der Waals surface area contributed by atoms with Crippen molar-refractivity contribution in [3.05, 3.63) is 35.9 Å². The number of nitrogens with zero attached hydrogens (tertiary/aromatic N) is 1. The Morgan fingerprint density at radius 2 is 1.80 bits per heavy atom. The van der Waals surface area contributed by atoms with Gasteiger partial charge in [0.2, 0.25) is 5.91 Å². The molecule has 1 fully saturated rings. The lowest BCUT2D eigenvalue weighted by molar-refractivity contribution is -0.129. The highest BCUT2D eigenvalue weighted by molar-refractivity contribution is 5.89. The van der Waals surface area contributed by atoms with Crippen molar-refractivity contribution < 1.29 is 29.0 Å². The van der Waals surface area contributed by atoms with Crippen molar-refractivity contribution >= 4 is 18.1 Å². The summed E-state index contributed by atoms with van der Waals surface area (Å²) in [5.74, 6) is -0.282. The number of hydrogen-bond donors (Lipinski definition) is 3. The summed E-state index contributed by atoms with van der Waals surface area (Å²) in [5.41, 5.74) is -1.05. The van der Waals surface area contributed by atoms with Gasteiger partial charge in [-0.25, -0.2) is 9.59 Å². The predicted octanol–water partition coefficient (Wildman–Crippen LogP) is 3.59. The lowest BCUT2D eigenvalue weighted by atomic mass is 9.89. The molecule has 0 saturated carbocycles. The van der Waals surface area contributed by atoms with Gasteiger partial charge in [0.05, 0.1) is 18.7 Å². The topological polar surface area (TPSA) is 117 Å². The van der Waals surface area contributed by atoms with Crippen molar-refractivity contribution in [1.29, 1.82) is 0 Å². The molecule has 3 amide bonds. The molecule has 1 aliphatic heterocycles. The lowest BCUT2D eigenvalue weighted by Crippen LogP contribution is -2.61. The van der Waals surface area contributed by atoms with E-state index in [2.05, 4.69) is 10.6 Å². The first-order valence-corrected chi connectivity index (χ1v) is 12.2. The van der Waals surface area contributed by atoms with Gasteiger partial charge in [-0.3, -0.25) is 4.79 Å². The number of carbonyl (C=O) groups excluding carboxylic acids is 3. The molecule has 1 aromatic rings. The second kappa shape index (κ2) is 12.2. The third-order valence-corrected chi connectivity index (χ3v) is 5.69.